The van der Waals surface area contributed by atoms with Crippen LogP contribution in [0.25, 0.3) is 5.69 Å². The highest BCUT2D eigenvalue weighted by Gasteiger charge is 2.07. The average molecular weight is 357 g/mol. The van der Waals surface area contributed by atoms with Crippen LogP contribution < -0.4 is 0 Å². The van der Waals surface area contributed by atoms with Crippen molar-refractivity contribution < 1.29 is 9.53 Å². The van der Waals surface area contributed by atoms with Crippen LogP contribution in [0, 0.1) is 0 Å². The summed E-state index contributed by atoms with van der Waals surface area (Å²) in [5.74, 6) is -0.330. The van der Waals surface area contributed by atoms with Gasteiger partial charge in [-0.15, -0.1) is 0 Å². The molecule has 5 heteroatoms. The molecule has 0 aliphatic rings. The number of halogens is 1. The topological polar surface area (TPSA) is 44.1 Å². The summed E-state index contributed by atoms with van der Waals surface area (Å²) in [6.07, 6.45) is 3.61. The van der Waals surface area contributed by atoms with Crippen LogP contribution >= 0.6 is 15.9 Å². The fourth-order valence-electron chi connectivity index (χ4n) is 1.98. The Bertz CT molecular complexity index is 750. The number of rotatable bonds is 4. The van der Waals surface area contributed by atoms with Gasteiger partial charge in [-0.05, 0) is 48.0 Å². The first kappa shape index (κ1) is 14.5. The number of ether oxygens (including phenoxy) is 1. The number of benzene rings is 2. The molecule has 0 saturated carbocycles. The van der Waals surface area contributed by atoms with E-state index in [0.717, 1.165) is 15.7 Å². The van der Waals surface area contributed by atoms with Crippen molar-refractivity contribution in [1.82, 2.24) is 9.78 Å². The lowest BCUT2D eigenvalue weighted by Crippen LogP contribution is -2.05. The molecule has 0 atom stereocenters. The van der Waals surface area contributed by atoms with Gasteiger partial charge in [0.2, 0.25) is 0 Å². The Morgan fingerprint density at radius 3 is 2.45 bits per heavy atom. The van der Waals surface area contributed by atoms with Crippen molar-refractivity contribution in [3.05, 3.63) is 82.6 Å². The van der Waals surface area contributed by atoms with Crippen molar-refractivity contribution in [3.8, 4) is 5.69 Å². The van der Waals surface area contributed by atoms with Gasteiger partial charge in [0.15, 0.2) is 0 Å². The Hall–Kier alpha value is -2.40. The molecule has 0 aliphatic carbocycles. The highest BCUT2D eigenvalue weighted by Crippen LogP contribution is 2.13. The van der Waals surface area contributed by atoms with Crippen molar-refractivity contribution in [3.63, 3.8) is 0 Å². The van der Waals surface area contributed by atoms with Gasteiger partial charge in [-0.25, -0.2) is 9.48 Å². The van der Waals surface area contributed by atoms with Crippen LogP contribution in [0.5, 0.6) is 0 Å². The maximum absolute atomic E-state index is 11.9. The largest absolute Gasteiger partial charge is 0.457 e. The van der Waals surface area contributed by atoms with Gasteiger partial charge < -0.3 is 4.74 Å². The molecule has 0 N–H and O–H groups in total. The lowest BCUT2D eigenvalue weighted by molar-refractivity contribution is 0.0472. The molecule has 0 saturated heterocycles. The second kappa shape index (κ2) is 6.58. The Labute approximate surface area is 136 Å². The molecule has 2 aromatic carbocycles. The van der Waals surface area contributed by atoms with E-state index in [1.165, 1.54) is 0 Å². The number of esters is 1. The summed E-state index contributed by atoms with van der Waals surface area (Å²) in [5, 5.41) is 4.16. The van der Waals surface area contributed by atoms with Crippen molar-refractivity contribution in [2.75, 3.05) is 0 Å². The predicted octanol–water partition coefficient (Wildman–Crippen LogP) is 3.99. The van der Waals surface area contributed by atoms with Crippen LogP contribution in [-0.2, 0) is 11.3 Å². The number of carbonyl (C=O) groups is 1. The SMILES string of the molecule is O=C(OCc1ccc(-n2cccn2)cc1)c1ccc(Br)cc1. The fourth-order valence-corrected chi connectivity index (χ4v) is 2.25. The number of hydrogen-bond donors (Lipinski definition) is 0. The summed E-state index contributed by atoms with van der Waals surface area (Å²) in [7, 11) is 0. The van der Waals surface area contributed by atoms with Gasteiger partial charge in [0.1, 0.15) is 6.61 Å². The molecule has 0 bridgehead atoms. The summed E-state index contributed by atoms with van der Waals surface area (Å²) in [6, 6.07) is 16.7. The Kier molecular flexibility index (Phi) is 4.34. The van der Waals surface area contributed by atoms with Gasteiger partial charge in [0.05, 0.1) is 11.3 Å². The molecule has 0 amide bonds. The minimum Gasteiger partial charge on any atom is -0.457 e. The van der Waals surface area contributed by atoms with E-state index in [1.807, 2.05) is 48.7 Å². The molecule has 22 heavy (non-hydrogen) atoms. The minimum atomic E-state index is -0.330. The first-order chi connectivity index (χ1) is 10.7. The van der Waals surface area contributed by atoms with E-state index >= 15 is 0 Å². The van der Waals surface area contributed by atoms with Crippen molar-refractivity contribution in [1.29, 1.82) is 0 Å². The Morgan fingerprint density at radius 1 is 1.09 bits per heavy atom. The molecule has 3 rings (SSSR count). The molecular formula is C17H13BrN2O2. The third kappa shape index (κ3) is 3.43. The minimum absolute atomic E-state index is 0.244. The van der Waals surface area contributed by atoms with Gasteiger partial charge in [-0.2, -0.15) is 5.10 Å². The maximum atomic E-state index is 11.9. The predicted molar refractivity (Wildman–Crippen MR) is 86.8 cm³/mol. The molecule has 0 radical (unpaired) electrons. The Morgan fingerprint density at radius 2 is 1.82 bits per heavy atom. The number of aromatic nitrogens is 2. The van der Waals surface area contributed by atoms with E-state index in [9.17, 15) is 4.79 Å². The molecule has 3 aromatic rings. The first-order valence-electron chi connectivity index (χ1n) is 6.74. The average Bonchev–Trinajstić information content (AvgIpc) is 3.08. The molecule has 110 valence electrons. The normalized spacial score (nSPS) is 10.4. The summed E-state index contributed by atoms with van der Waals surface area (Å²) in [4.78, 5) is 11.9. The molecule has 4 nitrogen and oxygen atoms in total. The van der Waals surface area contributed by atoms with E-state index in [2.05, 4.69) is 21.0 Å². The standard InChI is InChI=1S/C17H13BrN2O2/c18-15-6-4-14(5-7-15)17(21)22-12-13-2-8-16(9-3-13)20-11-1-10-19-20/h1-11H,12H2. The van der Waals surface area contributed by atoms with Crippen molar-refractivity contribution >= 4 is 21.9 Å². The zero-order chi connectivity index (χ0) is 15.4. The quantitative estimate of drug-likeness (QED) is 0.663. The number of hydrogen-bond acceptors (Lipinski definition) is 3. The fraction of sp³-hybridized carbons (Fsp3) is 0.0588. The molecule has 0 spiro atoms. The third-order valence-electron chi connectivity index (χ3n) is 3.16. The van der Waals surface area contributed by atoms with Crippen molar-refractivity contribution in [2.45, 2.75) is 6.61 Å². The lowest BCUT2D eigenvalue weighted by atomic mass is 10.2. The highest BCUT2D eigenvalue weighted by molar-refractivity contribution is 9.10. The summed E-state index contributed by atoms with van der Waals surface area (Å²) < 4.78 is 8.01. The summed E-state index contributed by atoms with van der Waals surface area (Å²) in [6.45, 7) is 0.244. The van der Waals surface area contributed by atoms with Gasteiger partial charge in [0, 0.05) is 16.9 Å². The van der Waals surface area contributed by atoms with Gasteiger partial charge in [0.25, 0.3) is 0 Å². The van der Waals surface area contributed by atoms with Crippen LogP contribution in [0.3, 0.4) is 0 Å². The van der Waals surface area contributed by atoms with Gasteiger partial charge in [-0.3, -0.25) is 0 Å². The summed E-state index contributed by atoms with van der Waals surface area (Å²) >= 11 is 3.33. The summed E-state index contributed by atoms with van der Waals surface area (Å²) in [5.41, 5.74) is 2.44. The second-order valence-corrected chi connectivity index (χ2v) is 5.62. The highest BCUT2D eigenvalue weighted by atomic mass is 79.9. The number of carbonyl (C=O) groups excluding carboxylic acids is 1. The lowest BCUT2D eigenvalue weighted by Gasteiger charge is -2.06. The van der Waals surface area contributed by atoms with Crippen LogP contribution in [0.1, 0.15) is 15.9 Å². The van der Waals surface area contributed by atoms with Gasteiger partial charge >= 0.3 is 5.97 Å². The second-order valence-electron chi connectivity index (χ2n) is 4.70. The zero-order valence-electron chi connectivity index (χ0n) is 11.6. The van der Waals surface area contributed by atoms with E-state index in [4.69, 9.17) is 4.74 Å². The molecule has 0 aliphatic heterocycles. The maximum Gasteiger partial charge on any atom is 0.338 e. The molecule has 0 fully saturated rings. The van der Waals surface area contributed by atoms with E-state index < -0.39 is 0 Å². The first-order valence-corrected chi connectivity index (χ1v) is 7.53. The Balaban J connectivity index is 1.61. The van der Waals surface area contributed by atoms with Gasteiger partial charge in [-0.1, -0.05) is 28.1 Å². The number of nitrogens with zero attached hydrogens (tertiary/aromatic N) is 2. The van der Waals surface area contributed by atoms with Crippen LogP contribution in [-0.4, -0.2) is 15.7 Å². The molecular weight excluding hydrogens is 344 g/mol. The third-order valence-corrected chi connectivity index (χ3v) is 3.68. The molecule has 1 aromatic heterocycles. The van der Waals surface area contributed by atoms with Crippen LogP contribution in [0.4, 0.5) is 0 Å². The monoisotopic (exact) mass is 356 g/mol. The molecule has 0 unspecified atom stereocenters. The van der Waals surface area contributed by atoms with Crippen molar-refractivity contribution in [2.24, 2.45) is 0 Å². The van der Waals surface area contributed by atoms with E-state index in [-0.39, 0.29) is 12.6 Å². The van der Waals surface area contributed by atoms with Crippen LogP contribution in [0.15, 0.2) is 71.5 Å². The zero-order valence-corrected chi connectivity index (χ0v) is 13.2. The smallest absolute Gasteiger partial charge is 0.338 e. The molecule has 1 heterocycles. The van der Waals surface area contributed by atoms with E-state index in [1.54, 1.807) is 23.0 Å². The van der Waals surface area contributed by atoms with Crippen LogP contribution in [0.2, 0.25) is 0 Å². The van der Waals surface area contributed by atoms with E-state index in [0.29, 0.717) is 5.56 Å².